The lowest BCUT2D eigenvalue weighted by molar-refractivity contribution is 0.108. The zero-order valence-corrected chi connectivity index (χ0v) is 10.3. The Kier molecular flexibility index (Phi) is 2.35. The number of hydrogen-bond donors (Lipinski definition) is 1. The Morgan fingerprint density at radius 2 is 2.07 bits per heavy atom. The van der Waals surface area contributed by atoms with Gasteiger partial charge in [-0.3, -0.25) is 0 Å². The maximum Gasteiger partial charge on any atom is 0.0961 e. The Morgan fingerprint density at radius 1 is 1.40 bits per heavy atom. The molecule has 2 aliphatic rings. The molecule has 15 heavy (non-hydrogen) atoms. The van der Waals surface area contributed by atoms with Crippen molar-refractivity contribution in [3.8, 4) is 0 Å². The van der Waals surface area contributed by atoms with Crippen LogP contribution in [0.4, 0.5) is 0 Å². The number of rotatable bonds is 2. The molecule has 1 N–H and O–H groups in total. The molecular formula is C12H15ClOS. The fourth-order valence-electron chi connectivity index (χ4n) is 2.88. The number of halogens is 1. The van der Waals surface area contributed by atoms with Crippen LogP contribution in [0, 0.1) is 24.7 Å². The molecular weight excluding hydrogens is 228 g/mol. The highest BCUT2D eigenvalue weighted by Gasteiger charge is 2.48. The van der Waals surface area contributed by atoms with E-state index in [1.165, 1.54) is 19.3 Å². The molecule has 3 heteroatoms. The highest BCUT2D eigenvalue weighted by atomic mass is 35.5. The molecule has 3 atom stereocenters. The Balaban J connectivity index is 1.76. The van der Waals surface area contributed by atoms with Crippen molar-refractivity contribution in [3.05, 3.63) is 20.8 Å². The van der Waals surface area contributed by atoms with Gasteiger partial charge in [0.1, 0.15) is 0 Å². The normalized spacial score (nSPS) is 35.3. The van der Waals surface area contributed by atoms with E-state index in [2.05, 4.69) is 0 Å². The minimum Gasteiger partial charge on any atom is -0.387 e. The average Bonchev–Trinajstić information content (AvgIpc) is 2.66. The Bertz CT molecular complexity index is 357. The standard InChI is InChI=1S/C12H15ClOS/c1-6-2-10(15-12(6)13)11(14)9-4-7-3-8(7)5-9/h2,7-9,11,14H,3-5H2,1H3. The van der Waals surface area contributed by atoms with Crippen molar-refractivity contribution >= 4 is 22.9 Å². The third-order valence-corrected chi connectivity index (χ3v) is 5.52. The smallest absolute Gasteiger partial charge is 0.0961 e. The SMILES string of the molecule is Cc1cc(C(O)C2CC3CC3C2)sc1Cl. The van der Waals surface area contributed by atoms with E-state index in [0.29, 0.717) is 5.92 Å². The van der Waals surface area contributed by atoms with Crippen molar-refractivity contribution in [2.75, 3.05) is 0 Å². The Morgan fingerprint density at radius 3 is 2.60 bits per heavy atom. The van der Waals surface area contributed by atoms with Crippen LogP contribution in [0.2, 0.25) is 4.34 Å². The molecule has 2 aliphatic carbocycles. The quantitative estimate of drug-likeness (QED) is 0.837. The summed E-state index contributed by atoms with van der Waals surface area (Å²) in [6.45, 7) is 2.00. The molecule has 0 bridgehead atoms. The van der Waals surface area contributed by atoms with Gasteiger partial charge in [-0.1, -0.05) is 11.6 Å². The number of aryl methyl sites for hydroxylation is 1. The van der Waals surface area contributed by atoms with Gasteiger partial charge in [0.2, 0.25) is 0 Å². The van der Waals surface area contributed by atoms with Gasteiger partial charge in [-0.25, -0.2) is 0 Å². The zero-order valence-electron chi connectivity index (χ0n) is 8.74. The molecule has 1 heterocycles. The van der Waals surface area contributed by atoms with E-state index >= 15 is 0 Å². The maximum absolute atomic E-state index is 10.2. The largest absolute Gasteiger partial charge is 0.387 e. The van der Waals surface area contributed by atoms with E-state index in [-0.39, 0.29) is 6.10 Å². The van der Waals surface area contributed by atoms with Crippen LogP contribution in [0.1, 0.15) is 35.8 Å². The summed E-state index contributed by atoms with van der Waals surface area (Å²) in [7, 11) is 0. The van der Waals surface area contributed by atoms with Crippen LogP contribution in [0.5, 0.6) is 0 Å². The molecule has 82 valence electrons. The lowest BCUT2D eigenvalue weighted by Crippen LogP contribution is -2.09. The van der Waals surface area contributed by atoms with Crippen LogP contribution >= 0.6 is 22.9 Å². The van der Waals surface area contributed by atoms with Crippen molar-refractivity contribution in [2.45, 2.75) is 32.3 Å². The summed E-state index contributed by atoms with van der Waals surface area (Å²) >= 11 is 7.57. The first-order valence-corrected chi connectivity index (χ1v) is 6.78. The summed E-state index contributed by atoms with van der Waals surface area (Å²) < 4.78 is 0.826. The van der Waals surface area contributed by atoms with Gasteiger partial charge in [0.25, 0.3) is 0 Å². The molecule has 1 aromatic rings. The third-order valence-electron chi connectivity index (χ3n) is 3.89. The van der Waals surface area contributed by atoms with Crippen LogP contribution in [-0.4, -0.2) is 5.11 Å². The molecule has 3 rings (SSSR count). The molecule has 0 saturated heterocycles. The molecule has 0 amide bonds. The monoisotopic (exact) mass is 242 g/mol. The Labute approximate surface area is 99.1 Å². The second kappa shape index (κ2) is 3.47. The van der Waals surface area contributed by atoms with E-state index in [1.54, 1.807) is 11.3 Å². The summed E-state index contributed by atoms with van der Waals surface area (Å²) in [5.41, 5.74) is 1.10. The van der Waals surface area contributed by atoms with Crippen LogP contribution in [0.15, 0.2) is 6.07 Å². The lowest BCUT2D eigenvalue weighted by Gasteiger charge is -2.17. The van der Waals surface area contributed by atoms with Gasteiger partial charge in [0.15, 0.2) is 0 Å². The summed E-state index contributed by atoms with van der Waals surface area (Å²) in [5.74, 6) is 2.35. The number of aliphatic hydroxyl groups excluding tert-OH is 1. The number of fused-ring (bicyclic) bond motifs is 1. The van der Waals surface area contributed by atoms with Crippen LogP contribution < -0.4 is 0 Å². The predicted molar refractivity (Wildman–Crippen MR) is 63.3 cm³/mol. The Hall–Kier alpha value is -0.0500. The molecule has 0 aromatic carbocycles. The highest BCUT2D eigenvalue weighted by molar-refractivity contribution is 7.16. The van der Waals surface area contributed by atoms with Gasteiger partial charge in [0, 0.05) is 4.88 Å². The van der Waals surface area contributed by atoms with Gasteiger partial charge < -0.3 is 5.11 Å². The topological polar surface area (TPSA) is 20.2 Å². The molecule has 0 radical (unpaired) electrons. The molecule has 2 saturated carbocycles. The van der Waals surface area contributed by atoms with E-state index in [9.17, 15) is 5.11 Å². The van der Waals surface area contributed by atoms with Crippen LogP contribution in [-0.2, 0) is 0 Å². The number of hydrogen-bond acceptors (Lipinski definition) is 2. The minimum absolute atomic E-state index is 0.269. The molecule has 2 fully saturated rings. The van der Waals surface area contributed by atoms with Gasteiger partial charge in [-0.2, -0.15) is 0 Å². The summed E-state index contributed by atoms with van der Waals surface area (Å²) in [6.07, 6.45) is 3.59. The average molecular weight is 243 g/mol. The van der Waals surface area contributed by atoms with Crippen molar-refractivity contribution in [1.29, 1.82) is 0 Å². The zero-order chi connectivity index (χ0) is 10.6. The lowest BCUT2D eigenvalue weighted by atomic mass is 9.95. The van der Waals surface area contributed by atoms with Crippen molar-refractivity contribution < 1.29 is 5.11 Å². The summed E-state index contributed by atoms with van der Waals surface area (Å²) in [4.78, 5) is 1.06. The minimum atomic E-state index is -0.269. The van der Waals surface area contributed by atoms with Crippen LogP contribution in [0.25, 0.3) is 0 Å². The summed E-state index contributed by atoms with van der Waals surface area (Å²) in [5, 5.41) is 10.2. The first-order valence-electron chi connectivity index (χ1n) is 5.59. The first kappa shape index (κ1) is 10.1. The van der Waals surface area contributed by atoms with Crippen LogP contribution in [0.3, 0.4) is 0 Å². The number of thiophene rings is 1. The first-order chi connectivity index (χ1) is 7.15. The summed E-state index contributed by atoms with van der Waals surface area (Å²) in [6, 6.07) is 2.04. The third kappa shape index (κ3) is 1.73. The predicted octanol–water partition coefficient (Wildman–Crippen LogP) is 3.79. The van der Waals surface area contributed by atoms with Crippen molar-refractivity contribution in [2.24, 2.45) is 17.8 Å². The van der Waals surface area contributed by atoms with Gasteiger partial charge in [0.05, 0.1) is 10.4 Å². The van der Waals surface area contributed by atoms with E-state index < -0.39 is 0 Å². The fourth-order valence-corrected chi connectivity index (χ4v) is 4.18. The molecule has 1 nitrogen and oxygen atoms in total. The van der Waals surface area contributed by atoms with Gasteiger partial charge in [-0.15, -0.1) is 11.3 Å². The second-order valence-corrected chi connectivity index (χ2v) is 6.72. The number of aliphatic hydroxyl groups is 1. The van der Waals surface area contributed by atoms with E-state index in [1.807, 2.05) is 13.0 Å². The molecule has 3 unspecified atom stereocenters. The van der Waals surface area contributed by atoms with E-state index in [4.69, 9.17) is 11.6 Å². The molecule has 0 aliphatic heterocycles. The van der Waals surface area contributed by atoms with Crippen molar-refractivity contribution in [1.82, 2.24) is 0 Å². The molecule has 1 aromatic heterocycles. The van der Waals surface area contributed by atoms with E-state index in [0.717, 1.165) is 26.6 Å². The molecule has 0 spiro atoms. The second-order valence-electron chi connectivity index (χ2n) is 5.04. The maximum atomic E-state index is 10.2. The highest BCUT2D eigenvalue weighted by Crippen LogP contribution is 2.57. The van der Waals surface area contributed by atoms with Gasteiger partial charge in [-0.05, 0) is 55.6 Å². The van der Waals surface area contributed by atoms with Crippen molar-refractivity contribution in [3.63, 3.8) is 0 Å². The van der Waals surface area contributed by atoms with Gasteiger partial charge >= 0.3 is 0 Å². The fraction of sp³-hybridized carbons (Fsp3) is 0.667.